The Morgan fingerprint density at radius 1 is 1.44 bits per heavy atom. The molecule has 1 aliphatic rings. The summed E-state index contributed by atoms with van der Waals surface area (Å²) in [6, 6.07) is -0.956. The maximum absolute atomic E-state index is 11.9. The molecule has 1 aliphatic heterocycles. The molecule has 1 amide bonds. The van der Waals surface area contributed by atoms with Gasteiger partial charge in [-0.15, -0.1) is 0 Å². The van der Waals surface area contributed by atoms with Gasteiger partial charge in [-0.25, -0.2) is 4.79 Å². The summed E-state index contributed by atoms with van der Waals surface area (Å²) in [5.74, 6) is -1.24. The zero-order valence-corrected chi connectivity index (χ0v) is 10.1. The van der Waals surface area contributed by atoms with Crippen LogP contribution < -0.4 is 5.32 Å². The van der Waals surface area contributed by atoms with Gasteiger partial charge in [0.25, 0.3) is 0 Å². The van der Waals surface area contributed by atoms with Crippen LogP contribution in [0.2, 0.25) is 0 Å². The molecule has 92 valence electrons. The van der Waals surface area contributed by atoms with Gasteiger partial charge in [0, 0.05) is 0 Å². The van der Waals surface area contributed by atoms with Crippen LogP contribution in [0.25, 0.3) is 0 Å². The molecule has 0 saturated carbocycles. The number of nitrogens with one attached hydrogen (secondary N) is 1. The molecule has 16 heavy (non-hydrogen) atoms. The molecule has 1 rings (SSSR count). The number of hydrogen-bond donors (Lipinski definition) is 2. The Morgan fingerprint density at radius 2 is 2.06 bits per heavy atom. The summed E-state index contributed by atoms with van der Waals surface area (Å²) in [6.07, 6.45) is 1.81. The SMILES string of the molecule is CC(C)[C@H](NC(=O)C1CCCN1C)C(=O)O. The number of carboxylic acid groups (broad SMARTS) is 1. The molecule has 2 atom stereocenters. The smallest absolute Gasteiger partial charge is 0.326 e. The Hall–Kier alpha value is -1.10. The van der Waals surface area contributed by atoms with E-state index >= 15 is 0 Å². The van der Waals surface area contributed by atoms with E-state index in [-0.39, 0.29) is 17.9 Å². The van der Waals surface area contributed by atoms with E-state index in [4.69, 9.17) is 5.11 Å². The van der Waals surface area contributed by atoms with Gasteiger partial charge in [-0.2, -0.15) is 0 Å². The highest BCUT2D eigenvalue weighted by molar-refractivity contribution is 5.87. The number of rotatable bonds is 4. The lowest BCUT2D eigenvalue weighted by Gasteiger charge is -2.23. The molecule has 1 unspecified atom stereocenters. The number of carboxylic acids is 1. The first-order valence-corrected chi connectivity index (χ1v) is 5.67. The second-order valence-corrected chi connectivity index (χ2v) is 4.71. The maximum atomic E-state index is 11.9. The Bertz CT molecular complexity index is 278. The third kappa shape index (κ3) is 2.95. The van der Waals surface area contributed by atoms with Gasteiger partial charge >= 0.3 is 5.97 Å². The maximum Gasteiger partial charge on any atom is 0.326 e. The fraction of sp³-hybridized carbons (Fsp3) is 0.818. The molecule has 0 aromatic carbocycles. The van der Waals surface area contributed by atoms with Gasteiger partial charge in [-0.3, -0.25) is 9.69 Å². The van der Waals surface area contributed by atoms with E-state index in [1.807, 2.05) is 11.9 Å². The molecule has 0 bridgehead atoms. The quantitative estimate of drug-likeness (QED) is 0.726. The minimum absolute atomic E-state index is 0.104. The minimum atomic E-state index is -0.969. The number of hydrogen-bond acceptors (Lipinski definition) is 3. The second-order valence-electron chi connectivity index (χ2n) is 4.71. The fourth-order valence-electron chi connectivity index (χ4n) is 2.00. The highest BCUT2D eigenvalue weighted by Crippen LogP contribution is 2.15. The topological polar surface area (TPSA) is 69.6 Å². The highest BCUT2D eigenvalue weighted by atomic mass is 16.4. The lowest BCUT2D eigenvalue weighted by molar-refractivity contribution is -0.143. The number of nitrogens with zero attached hydrogens (tertiary/aromatic N) is 1. The number of amides is 1. The summed E-state index contributed by atoms with van der Waals surface area (Å²) in [4.78, 5) is 24.8. The van der Waals surface area contributed by atoms with E-state index in [1.165, 1.54) is 0 Å². The average molecular weight is 228 g/mol. The van der Waals surface area contributed by atoms with Crippen molar-refractivity contribution in [2.45, 2.75) is 38.8 Å². The lowest BCUT2D eigenvalue weighted by atomic mass is 10.0. The third-order valence-electron chi connectivity index (χ3n) is 3.05. The number of likely N-dealkylation sites (tertiary alicyclic amines) is 1. The van der Waals surface area contributed by atoms with Crippen LogP contribution in [0.15, 0.2) is 0 Å². The first kappa shape index (κ1) is 13.0. The van der Waals surface area contributed by atoms with Gasteiger partial charge in [-0.05, 0) is 32.4 Å². The van der Waals surface area contributed by atoms with Gasteiger partial charge in [0.1, 0.15) is 6.04 Å². The summed E-state index contributed by atoms with van der Waals surface area (Å²) in [5, 5.41) is 11.6. The van der Waals surface area contributed by atoms with Gasteiger partial charge in [0.05, 0.1) is 6.04 Å². The molecule has 0 spiro atoms. The molecule has 2 N–H and O–H groups in total. The Labute approximate surface area is 95.8 Å². The van der Waals surface area contributed by atoms with Crippen molar-refractivity contribution in [2.24, 2.45) is 5.92 Å². The standard InChI is InChI=1S/C11H20N2O3/c1-7(2)9(11(15)16)12-10(14)8-5-4-6-13(8)3/h7-9H,4-6H2,1-3H3,(H,12,14)(H,15,16)/t8?,9-/m0/s1. The van der Waals surface area contributed by atoms with E-state index in [1.54, 1.807) is 13.8 Å². The van der Waals surface area contributed by atoms with Crippen LogP contribution in [0.4, 0.5) is 0 Å². The van der Waals surface area contributed by atoms with Crippen LogP contribution in [-0.2, 0) is 9.59 Å². The van der Waals surface area contributed by atoms with Crippen molar-refractivity contribution in [1.82, 2.24) is 10.2 Å². The zero-order valence-electron chi connectivity index (χ0n) is 10.1. The van der Waals surface area contributed by atoms with Crippen LogP contribution in [0.5, 0.6) is 0 Å². The summed E-state index contributed by atoms with van der Waals surface area (Å²) in [6.45, 7) is 4.48. The molecule has 1 saturated heterocycles. The third-order valence-corrected chi connectivity index (χ3v) is 3.05. The van der Waals surface area contributed by atoms with E-state index in [0.29, 0.717) is 0 Å². The van der Waals surface area contributed by atoms with Crippen molar-refractivity contribution < 1.29 is 14.7 Å². The fourth-order valence-corrected chi connectivity index (χ4v) is 2.00. The molecule has 0 aromatic rings. The summed E-state index contributed by atoms with van der Waals surface area (Å²) < 4.78 is 0. The first-order chi connectivity index (χ1) is 7.43. The van der Waals surface area contributed by atoms with Crippen LogP contribution in [0.1, 0.15) is 26.7 Å². The van der Waals surface area contributed by atoms with Crippen molar-refractivity contribution in [3.05, 3.63) is 0 Å². The van der Waals surface area contributed by atoms with E-state index < -0.39 is 12.0 Å². The normalized spacial score (nSPS) is 23.4. The van der Waals surface area contributed by atoms with Gasteiger partial charge in [0.2, 0.25) is 5.91 Å². The molecule has 1 fully saturated rings. The highest BCUT2D eigenvalue weighted by Gasteiger charge is 2.31. The predicted octanol–water partition coefficient (Wildman–Crippen LogP) is 0.306. The minimum Gasteiger partial charge on any atom is -0.480 e. The molecule has 5 heteroatoms. The summed E-state index contributed by atoms with van der Waals surface area (Å²) >= 11 is 0. The molecule has 0 aliphatic carbocycles. The number of carbonyl (C=O) groups excluding carboxylic acids is 1. The van der Waals surface area contributed by atoms with Crippen LogP contribution in [0, 0.1) is 5.92 Å². The lowest BCUT2D eigenvalue weighted by Crippen LogP contribution is -2.50. The van der Waals surface area contributed by atoms with E-state index in [2.05, 4.69) is 5.32 Å². The van der Waals surface area contributed by atoms with Crippen molar-refractivity contribution in [3.8, 4) is 0 Å². The van der Waals surface area contributed by atoms with Crippen LogP contribution in [0.3, 0.4) is 0 Å². The van der Waals surface area contributed by atoms with Crippen molar-refractivity contribution in [3.63, 3.8) is 0 Å². The Morgan fingerprint density at radius 3 is 2.44 bits per heavy atom. The van der Waals surface area contributed by atoms with Crippen molar-refractivity contribution in [1.29, 1.82) is 0 Å². The molecule has 5 nitrogen and oxygen atoms in total. The first-order valence-electron chi connectivity index (χ1n) is 5.67. The van der Waals surface area contributed by atoms with Crippen molar-refractivity contribution in [2.75, 3.05) is 13.6 Å². The zero-order chi connectivity index (χ0) is 12.3. The largest absolute Gasteiger partial charge is 0.480 e. The number of likely N-dealkylation sites (N-methyl/N-ethyl adjacent to an activating group) is 1. The second kappa shape index (κ2) is 5.30. The summed E-state index contributed by atoms with van der Waals surface area (Å²) in [5.41, 5.74) is 0. The Kier molecular flexibility index (Phi) is 4.29. The monoisotopic (exact) mass is 228 g/mol. The van der Waals surface area contributed by atoms with Gasteiger partial charge < -0.3 is 10.4 Å². The van der Waals surface area contributed by atoms with E-state index in [9.17, 15) is 9.59 Å². The molecular formula is C11H20N2O3. The summed E-state index contributed by atoms with van der Waals surface area (Å²) in [7, 11) is 1.89. The van der Waals surface area contributed by atoms with E-state index in [0.717, 1.165) is 19.4 Å². The van der Waals surface area contributed by atoms with Gasteiger partial charge in [0.15, 0.2) is 0 Å². The van der Waals surface area contributed by atoms with Crippen LogP contribution in [-0.4, -0.2) is 47.6 Å². The number of carbonyl (C=O) groups is 2. The van der Waals surface area contributed by atoms with Gasteiger partial charge in [-0.1, -0.05) is 13.8 Å². The predicted molar refractivity (Wildman–Crippen MR) is 60.1 cm³/mol. The molecule has 0 aromatic heterocycles. The molecular weight excluding hydrogens is 208 g/mol. The average Bonchev–Trinajstić information content (AvgIpc) is 2.59. The number of aliphatic carboxylic acids is 1. The van der Waals surface area contributed by atoms with Crippen LogP contribution >= 0.6 is 0 Å². The van der Waals surface area contributed by atoms with Crippen molar-refractivity contribution >= 4 is 11.9 Å². The Balaban J connectivity index is 2.58. The molecule has 0 radical (unpaired) electrons. The molecule has 1 heterocycles.